The third kappa shape index (κ3) is 8.11. The van der Waals surface area contributed by atoms with Crippen molar-refractivity contribution < 1.29 is 28.6 Å². The Morgan fingerprint density at radius 1 is 1.14 bits per heavy atom. The number of hydrazone groups is 1. The summed E-state index contributed by atoms with van der Waals surface area (Å²) in [6, 6.07) is 9.77. The van der Waals surface area contributed by atoms with Gasteiger partial charge in [0.2, 0.25) is 0 Å². The van der Waals surface area contributed by atoms with Crippen LogP contribution in [-0.2, 0) is 19.1 Å². The van der Waals surface area contributed by atoms with Gasteiger partial charge in [-0.1, -0.05) is 29.3 Å². The second kappa shape index (κ2) is 13.7. The van der Waals surface area contributed by atoms with Crippen LogP contribution in [-0.4, -0.2) is 56.4 Å². The largest absolute Gasteiger partial charge is 0.490 e. The number of amides is 3. The lowest BCUT2D eigenvalue weighted by Crippen LogP contribution is -2.41. The van der Waals surface area contributed by atoms with Gasteiger partial charge in [-0.25, -0.2) is 5.43 Å². The third-order valence-electron chi connectivity index (χ3n) is 4.95. The van der Waals surface area contributed by atoms with Gasteiger partial charge < -0.3 is 24.8 Å². The number of hydrogen-bond acceptors (Lipinski definition) is 7. The highest BCUT2D eigenvalue weighted by Crippen LogP contribution is 2.30. The van der Waals surface area contributed by atoms with Crippen LogP contribution >= 0.6 is 23.2 Å². The maximum atomic E-state index is 12.3. The first-order valence-corrected chi connectivity index (χ1v) is 12.0. The van der Waals surface area contributed by atoms with Crippen molar-refractivity contribution in [3.8, 4) is 11.5 Å². The number of ether oxygens (including phenoxy) is 3. The van der Waals surface area contributed by atoms with Gasteiger partial charge >= 0.3 is 11.8 Å². The van der Waals surface area contributed by atoms with Gasteiger partial charge in [0, 0.05) is 13.2 Å². The first kappa shape index (κ1) is 27.3. The van der Waals surface area contributed by atoms with Gasteiger partial charge in [-0.2, -0.15) is 5.10 Å². The van der Waals surface area contributed by atoms with E-state index in [1.807, 2.05) is 0 Å². The number of anilines is 1. The SMILES string of the molecule is CCOc1cc(/C=N\NC(=O)C(=O)NC[C@@H]2CCCO2)ccc1OCC(=O)Nc1cccc(Cl)c1Cl. The topological polar surface area (TPSA) is 127 Å². The number of halogens is 2. The van der Waals surface area contributed by atoms with E-state index in [1.54, 1.807) is 43.3 Å². The summed E-state index contributed by atoms with van der Waals surface area (Å²) >= 11 is 12.0. The number of rotatable bonds is 10. The van der Waals surface area contributed by atoms with E-state index in [9.17, 15) is 14.4 Å². The summed E-state index contributed by atoms with van der Waals surface area (Å²) in [5, 5.41) is 9.52. The molecule has 0 saturated carbocycles. The summed E-state index contributed by atoms with van der Waals surface area (Å²) in [7, 11) is 0. The number of nitrogens with zero attached hydrogens (tertiary/aromatic N) is 1. The van der Waals surface area contributed by atoms with Gasteiger partial charge in [-0.15, -0.1) is 0 Å². The summed E-state index contributed by atoms with van der Waals surface area (Å²) in [4.78, 5) is 36.1. The van der Waals surface area contributed by atoms with Crippen molar-refractivity contribution in [2.75, 3.05) is 31.7 Å². The normalized spacial score (nSPS) is 14.9. The molecule has 0 spiro atoms. The average molecular weight is 537 g/mol. The molecule has 0 aliphatic carbocycles. The summed E-state index contributed by atoms with van der Waals surface area (Å²) < 4.78 is 16.6. The average Bonchev–Trinajstić information content (AvgIpc) is 3.39. The molecule has 192 valence electrons. The second-order valence-corrected chi connectivity index (χ2v) is 8.41. The third-order valence-corrected chi connectivity index (χ3v) is 5.77. The molecular formula is C24H26Cl2N4O6. The highest BCUT2D eigenvalue weighted by molar-refractivity contribution is 6.44. The molecule has 1 heterocycles. The monoisotopic (exact) mass is 536 g/mol. The van der Waals surface area contributed by atoms with Crippen molar-refractivity contribution in [3.63, 3.8) is 0 Å². The van der Waals surface area contributed by atoms with Crippen LogP contribution in [0.25, 0.3) is 0 Å². The fourth-order valence-electron chi connectivity index (χ4n) is 3.23. The second-order valence-electron chi connectivity index (χ2n) is 7.62. The summed E-state index contributed by atoms with van der Waals surface area (Å²) in [5.74, 6) is -1.42. The first-order chi connectivity index (χ1) is 17.4. The van der Waals surface area contributed by atoms with E-state index in [0.29, 0.717) is 41.0 Å². The predicted octanol–water partition coefficient (Wildman–Crippen LogP) is 3.15. The van der Waals surface area contributed by atoms with Gasteiger partial charge in [-0.05, 0) is 55.7 Å². The molecule has 2 aromatic rings. The standard InChI is InChI=1S/C24H26Cl2N4O6/c1-2-34-20-11-15(12-28-30-24(33)23(32)27-13-16-5-4-10-35-16)8-9-19(20)36-14-21(31)29-18-7-3-6-17(25)22(18)26/h3,6-9,11-12,16H,2,4-5,10,13-14H2,1H3,(H,27,32)(H,29,31)(H,30,33)/b28-12-/t16-/m0/s1. The number of carbonyl (C=O) groups excluding carboxylic acids is 3. The number of benzene rings is 2. The van der Waals surface area contributed by atoms with Crippen LogP contribution in [0.3, 0.4) is 0 Å². The molecule has 1 atom stereocenters. The molecule has 0 bridgehead atoms. The van der Waals surface area contributed by atoms with E-state index < -0.39 is 17.7 Å². The quantitative estimate of drug-likeness (QED) is 0.243. The molecule has 1 aliphatic heterocycles. The minimum absolute atomic E-state index is 0.0660. The Hall–Kier alpha value is -3.34. The fraction of sp³-hybridized carbons (Fsp3) is 0.333. The predicted molar refractivity (Wildman–Crippen MR) is 136 cm³/mol. The van der Waals surface area contributed by atoms with E-state index in [1.165, 1.54) is 6.21 Å². The molecule has 36 heavy (non-hydrogen) atoms. The van der Waals surface area contributed by atoms with E-state index in [-0.39, 0.29) is 24.3 Å². The molecule has 3 rings (SSSR count). The number of nitrogens with one attached hydrogen (secondary N) is 3. The molecule has 3 amide bonds. The van der Waals surface area contributed by atoms with E-state index in [2.05, 4.69) is 21.2 Å². The van der Waals surface area contributed by atoms with Crippen molar-refractivity contribution in [1.82, 2.24) is 10.7 Å². The van der Waals surface area contributed by atoms with Gasteiger partial charge in [-0.3, -0.25) is 14.4 Å². The minimum Gasteiger partial charge on any atom is -0.490 e. The van der Waals surface area contributed by atoms with E-state index in [4.69, 9.17) is 37.4 Å². The minimum atomic E-state index is -0.889. The summed E-state index contributed by atoms with van der Waals surface area (Å²) in [5.41, 5.74) is 3.12. The van der Waals surface area contributed by atoms with Crippen LogP contribution < -0.4 is 25.5 Å². The van der Waals surface area contributed by atoms with Gasteiger partial charge in [0.1, 0.15) is 0 Å². The van der Waals surface area contributed by atoms with Gasteiger partial charge in [0.05, 0.1) is 34.7 Å². The molecule has 3 N–H and O–H groups in total. The van der Waals surface area contributed by atoms with Crippen molar-refractivity contribution in [3.05, 3.63) is 52.0 Å². The number of carbonyl (C=O) groups is 3. The zero-order chi connectivity index (χ0) is 25.9. The van der Waals surface area contributed by atoms with E-state index >= 15 is 0 Å². The van der Waals surface area contributed by atoms with Crippen LogP contribution in [0.2, 0.25) is 10.0 Å². The Bertz CT molecular complexity index is 1120. The molecule has 12 heteroatoms. The van der Waals surface area contributed by atoms with Crippen LogP contribution in [0, 0.1) is 0 Å². The lowest BCUT2D eigenvalue weighted by Gasteiger charge is -2.13. The fourth-order valence-corrected chi connectivity index (χ4v) is 3.58. The van der Waals surface area contributed by atoms with Crippen molar-refractivity contribution in [2.45, 2.75) is 25.9 Å². The van der Waals surface area contributed by atoms with Crippen molar-refractivity contribution >= 4 is 52.8 Å². The Balaban J connectivity index is 1.52. The zero-order valence-corrected chi connectivity index (χ0v) is 21.0. The highest BCUT2D eigenvalue weighted by Gasteiger charge is 2.19. The smallest absolute Gasteiger partial charge is 0.329 e. The lowest BCUT2D eigenvalue weighted by atomic mass is 10.2. The lowest BCUT2D eigenvalue weighted by molar-refractivity contribution is -0.139. The van der Waals surface area contributed by atoms with Gasteiger partial charge in [0.15, 0.2) is 18.1 Å². The van der Waals surface area contributed by atoms with E-state index in [0.717, 1.165) is 12.8 Å². The van der Waals surface area contributed by atoms with Gasteiger partial charge in [0.25, 0.3) is 5.91 Å². The Morgan fingerprint density at radius 2 is 1.97 bits per heavy atom. The molecular weight excluding hydrogens is 511 g/mol. The molecule has 0 radical (unpaired) electrons. The number of hydrogen-bond donors (Lipinski definition) is 3. The Kier molecular flexibility index (Phi) is 10.3. The highest BCUT2D eigenvalue weighted by atomic mass is 35.5. The molecule has 1 saturated heterocycles. The molecule has 0 aromatic heterocycles. The zero-order valence-electron chi connectivity index (χ0n) is 19.5. The van der Waals surface area contributed by atoms with Crippen molar-refractivity contribution in [2.24, 2.45) is 5.10 Å². The summed E-state index contributed by atoms with van der Waals surface area (Å²) in [6.07, 6.45) is 3.08. The molecule has 1 aliphatic rings. The van der Waals surface area contributed by atoms with Crippen molar-refractivity contribution in [1.29, 1.82) is 0 Å². The Labute approximate surface area is 218 Å². The maximum Gasteiger partial charge on any atom is 0.329 e. The Morgan fingerprint density at radius 3 is 2.72 bits per heavy atom. The van der Waals surface area contributed by atoms with Crippen LogP contribution in [0.5, 0.6) is 11.5 Å². The van der Waals surface area contributed by atoms with Crippen LogP contribution in [0.15, 0.2) is 41.5 Å². The molecule has 2 aromatic carbocycles. The maximum absolute atomic E-state index is 12.3. The van der Waals surface area contributed by atoms with Crippen LogP contribution in [0.1, 0.15) is 25.3 Å². The summed E-state index contributed by atoms with van der Waals surface area (Å²) in [6.45, 7) is 2.79. The molecule has 0 unspecified atom stereocenters. The first-order valence-electron chi connectivity index (χ1n) is 11.2. The van der Waals surface area contributed by atoms with Crippen LogP contribution in [0.4, 0.5) is 5.69 Å². The molecule has 1 fully saturated rings. The molecule has 10 nitrogen and oxygen atoms in total.